The summed E-state index contributed by atoms with van der Waals surface area (Å²) in [4.78, 5) is 5.28. The monoisotopic (exact) mass is 259 g/mol. The number of benzene rings is 1. The van der Waals surface area contributed by atoms with Crippen molar-refractivity contribution in [3.63, 3.8) is 0 Å². The maximum absolute atomic E-state index is 3.27. The first kappa shape index (κ1) is 13.1. The SMILES string of the molecule is CNCc1ccccc1CN1CCN(C2CC2)CC1. The summed E-state index contributed by atoms with van der Waals surface area (Å²) in [6, 6.07) is 9.75. The third kappa shape index (κ3) is 3.35. The summed E-state index contributed by atoms with van der Waals surface area (Å²) < 4.78 is 0. The molecular weight excluding hydrogens is 234 g/mol. The third-order valence-electron chi connectivity index (χ3n) is 4.35. The number of hydrogen-bond donors (Lipinski definition) is 1. The average Bonchev–Trinajstić information content (AvgIpc) is 3.27. The maximum atomic E-state index is 3.27. The van der Waals surface area contributed by atoms with Crippen LogP contribution in [-0.2, 0) is 13.1 Å². The summed E-state index contributed by atoms with van der Waals surface area (Å²) in [5.74, 6) is 0. The van der Waals surface area contributed by atoms with E-state index in [1.807, 2.05) is 7.05 Å². The lowest BCUT2D eigenvalue weighted by molar-refractivity contribution is 0.121. The quantitative estimate of drug-likeness (QED) is 0.868. The highest BCUT2D eigenvalue weighted by Gasteiger charge is 2.31. The van der Waals surface area contributed by atoms with Gasteiger partial charge in [0.05, 0.1) is 0 Å². The zero-order valence-corrected chi connectivity index (χ0v) is 11.9. The molecule has 1 aromatic carbocycles. The van der Waals surface area contributed by atoms with Crippen LogP contribution in [0.5, 0.6) is 0 Å². The van der Waals surface area contributed by atoms with E-state index in [-0.39, 0.29) is 0 Å². The number of piperazine rings is 1. The van der Waals surface area contributed by atoms with Gasteiger partial charge in [-0.2, -0.15) is 0 Å². The van der Waals surface area contributed by atoms with Gasteiger partial charge in [-0.25, -0.2) is 0 Å². The summed E-state index contributed by atoms with van der Waals surface area (Å²) >= 11 is 0. The maximum Gasteiger partial charge on any atom is 0.0238 e. The normalized spacial score (nSPS) is 21.7. The Morgan fingerprint density at radius 2 is 1.74 bits per heavy atom. The first-order valence-corrected chi connectivity index (χ1v) is 7.54. The molecule has 2 fully saturated rings. The van der Waals surface area contributed by atoms with Crippen LogP contribution in [-0.4, -0.2) is 49.1 Å². The van der Waals surface area contributed by atoms with Gasteiger partial charge in [0.15, 0.2) is 0 Å². The zero-order chi connectivity index (χ0) is 13.1. The van der Waals surface area contributed by atoms with Crippen LogP contribution in [0.15, 0.2) is 24.3 Å². The Labute approximate surface area is 116 Å². The molecule has 1 saturated heterocycles. The third-order valence-corrected chi connectivity index (χ3v) is 4.35. The zero-order valence-electron chi connectivity index (χ0n) is 11.9. The van der Waals surface area contributed by atoms with E-state index in [1.165, 1.54) is 50.1 Å². The first-order chi connectivity index (χ1) is 9.36. The van der Waals surface area contributed by atoms with Gasteiger partial charge in [0.25, 0.3) is 0 Å². The molecule has 0 unspecified atom stereocenters. The average molecular weight is 259 g/mol. The second-order valence-electron chi connectivity index (χ2n) is 5.84. The molecule has 0 amide bonds. The van der Waals surface area contributed by atoms with Crippen LogP contribution in [0.25, 0.3) is 0 Å². The van der Waals surface area contributed by atoms with Gasteiger partial charge < -0.3 is 5.32 Å². The minimum absolute atomic E-state index is 0.929. The van der Waals surface area contributed by atoms with Crippen LogP contribution >= 0.6 is 0 Å². The van der Waals surface area contributed by atoms with Crippen LogP contribution in [0.2, 0.25) is 0 Å². The molecule has 0 spiro atoms. The predicted molar refractivity (Wildman–Crippen MR) is 79.1 cm³/mol. The van der Waals surface area contributed by atoms with Crippen molar-refractivity contribution in [2.45, 2.75) is 32.0 Å². The van der Waals surface area contributed by atoms with E-state index in [0.29, 0.717) is 0 Å². The van der Waals surface area contributed by atoms with Crippen LogP contribution in [0.3, 0.4) is 0 Å². The highest BCUT2D eigenvalue weighted by Crippen LogP contribution is 2.27. The summed E-state index contributed by atoms with van der Waals surface area (Å²) in [5.41, 5.74) is 2.92. The van der Waals surface area contributed by atoms with Gasteiger partial charge in [-0.05, 0) is 31.0 Å². The Morgan fingerprint density at radius 1 is 1.05 bits per heavy atom. The Morgan fingerprint density at radius 3 is 2.37 bits per heavy atom. The standard InChI is InChI=1S/C16H25N3/c1-17-12-14-4-2-3-5-15(14)13-18-8-10-19(11-9-18)16-6-7-16/h2-5,16-17H,6-13H2,1H3. The van der Waals surface area contributed by atoms with Crippen LogP contribution in [0.4, 0.5) is 0 Å². The highest BCUT2D eigenvalue weighted by atomic mass is 15.3. The number of rotatable bonds is 5. The van der Waals surface area contributed by atoms with Gasteiger partial charge >= 0.3 is 0 Å². The van der Waals surface area contributed by atoms with Gasteiger partial charge in [0.1, 0.15) is 0 Å². The van der Waals surface area contributed by atoms with Gasteiger partial charge in [-0.1, -0.05) is 24.3 Å². The molecule has 0 aromatic heterocycles. The van der Waals surface area contributed by atoms with E-state index in [9.17, 15) is 0 Å². The summed E-state index contributed by atoms with van der Waals surface area (Å²) in [6.07, 6.45) is 2.87. The van der Waals surface area contributed by atoms with Gasteiger partial charge in [0, 0.05) is 45.3 Å². The van der Waals surface area contributed by atoms with Crippen molar-refractivity contribution >= 4 is 0 Å². The fraction of sp³-hybridized carbons (Fsp3) is 0.625. The molecule has 1 heterocycles. The van der Waals surface area contributed by atoms with E-state index >= 15 is 0 Å². The highest BCUT2D eigenvalue weighted by molar-refractivity contribution is 5.27. The minimum Gasteiger partial charge on any atom is -0.316 e. The molecular formula is C16H25N3. The molecule has 2 aliphatic rings. The summed E-state index contributed by atoms with van der Waals surface area (Å²) in [7, 11) is 2.02. The molecule has 1 aromatic rings. The number of nitrogens with zero attached hydrogens (tertiary/aromatic N) is 2. The lowest BCUT2D eigenvalue weighted by Crippen LogP contribution is -2.46. The Hall–Kier alpha value is -0.900. The van der Waals surface area contributed by atoms with Crippen LogP contribution < -0.4 is 5.32 Å². The van der Waals surface area contributed by atoms with Crippen molar-refractivity contribution < 1.29 is 0 Å². The predicted octanol–water partition coefficient (Wildman–Crippen LogP) is 1.69. The Kier molecular flexibility index (Phi) is 4.16. The van der Waals surface area contributed by atoms with Crippen molar-refractivity contribution in [2.24, 2.45) is 0 Å². The fourth-order valence-corrected chi connectivity index (χ4v) is 3.04. The number of nitrogens with one attached hydrogen (secondary N) is 1. The lowest BCUT2D eigenvalue weighted by atomic mass is 10.1. The fourth-order valence-electron chi connectivity index (χ4n) is 3.04. The molecule has 1 N–H and O–H groups in total. The second-order valence-corrected chi connectivity index (χ2v) is 5.84. The Bertz CT molecular complexity index is 406. The largest absolute Gasteiger partial charge is 0.316 e. The lowest BCUT2D eigenvalue weighted by Gasteiger charge is -2.35. The van der Waals surface area contributed by atoms with Crippen molar-refractivity contribution in [3.8, 4) is 0 Å². The summed E-state index contributed by atoms with van der Waals surface area (Å²) in [6.45, 7) is 7.06. The van der Waals surface area contributed by atoms with Crippen molar-refractivity contribution in [3.05, 3.63) is 35.4 Å². The molecule has 0 atom stereocenters. The molecule has 104 valence electrons. The van der Waals surface area contributed by atoms with E-state index in [1.54, 1.807) is 0 Å². The topological polar surface area (TPSA) is 18.5 Å². The van der Waals surface area contributed by atoms with Crippen molar-refractivity contribution in [1.82, 2.24) is 15.1 Å². The molecule has 1 aliphatic heterocycles. The van der Waals surface area contributed by atoms with Gasteiger partial charge in [0.2, 0.25) is 0 Å². The first-order valence-electron chi connectivity index (χ1n) is 7.54. The molecule has 3 heteroatoms. The molecule has 1 aliphatic carbocycles. The smallest absolute Gasteiger partial charge is 0.0238 e. The molecule has 3 rings (SSSR count). The van der Waals surface area contributed by atoms with E-state index in [0.717, 1.165) is 19.1 Å². The van der Waals surface area contributed by atoms with Gasteiger partial charge in [-0.3, -0.25) is 9.80 Å². The van der Waals surface area contributed by atoms with E-state index in [2.05, 4.69) is 39.4 Å². The Balaban J connectivity index is 1.56. The second kappa shape index (κ2) is 6.04. The van der Waals surface area contributed by atoms with E-state index < -0.39 is 0 Å². The van der Waals surface area contributed by atoms with E-state index in [4.69, 9.17) is 0 Å². The molecule has 3 nitrogen and oxygen atoms in total. The van der Waals surface area contributed by atoms with Crippen LogP contribution in [0.1, 0.15) is 24.0 Å². The molecule has 19 heavy (non-hydrogen) atoms. The molecule has 1 saturated carbocycles. The van der Waals surface area contributed by atoms with Crippen molar-refractivity contribution in [2.75, 3.05) is 33.2 Å². The molecule has 0 bridgehead atoms. The van der Waals surface area contributed by atoms with Crippen LogP contribution in [0, 0.1) is 0 Å². The van der Waals surface area contributed by atoms with Gasteiger partial charge in [-0.15, -0.1) is 0 Å². The number of hydrogen-bond acceptors (Lipinski definition) is 3. The summed E-state index contributed by atoms with van der Waals surface area (Å²) in [5, 5.41) is 3.27. The molecule has 0 radical (unpaired) electrons. The van der Waals surface area contributed by atoms with Crippen molar-refractivity contribution in [1.29, 1.82) is 0 Å². The minimum atomic E-state index is 0.929.